The number of thiophene rings is 1. The molecule has 1 aromatic carbocycles. The first-order chi connectivity index (χ1) is 15.0. The number of hydrogen-bond donors (Lipinski definition) is 3. The average molecular weight is 575 g/mol. The van der Waals surface area contributed by atoms with Crippen LogP contribution in [0.3, 0.4) is 0 Å². The van der Waals surface area contributed by atoms with Gasteiger partial charge in [0, 0.05) is 42.5 Å². The van der Waals surface area contributed by atoms with Crippen molar-refractivity contribution in [2.24, 2.45) is 4.99 Å². The highest BCUT2D eigenvalue weighted by molar-refractivity contribution is 14.0. The molecule has 0 spiro atoms. The Morgan fingerprint density at radius 1 is 1.19 bits per heavy atom. The lowest BCUT2D eigenvalue weighted by Gasteiger charge is -2.34. The minimum Gasteiger partial charge on any atom is -0.497 e. The predicted octanol–water partition coefficient (Wildman–Crippen LogP) is 3.18. The fourth-order valence-corrected chi connectivity index (χ4v) is 4.38. The summed E-state index contributed by atoms with van der Waals surface area (Å²) in [6, 6.07) is 12.3. The van der Waals surface area contributed by atoms with Crippen molar-refractivity contribution in [3.8, 4) is 16.2 Å². The fraction of sp³-hybridized carbons (Fsp3) is 0.522. The highest BCUT2D eigenvalue weighted by Crippen LogP contribution is 2.29. The number of nitrogens with zero attached hydrogens (tertiary/aromatic N) is 2. The molecule has 1 aromatic heterocycles. The van der Waals surface area contributed by atoms with Crippen LogP contribution in [0.2, 0.25) is 0 Å². The smallest absolute Gasteiger partial charge is 0.191 e. The van der Waals surface area contributed by atoms with E-state index in [1.54, 1.807) is 18.4 Å². The maximum atomic E-state index is 10.8. The van der Waals surface area contributed by atoms with Crippen molar-refractivity contribution in [2.75, 3.05) is 53.0 Å². The van der Waals surface area contributed by atoms with Gasteiger partial charge in [0.05, 0.1) is 32.5 Å². The van der Waals surface area contributed by atoms with Crippen LogP contribution in [-0.2, 0) is 11.3 Å². The first-order valence-electron chi connectivity index (χ1n) is 10.8. The molecule has 0 radical (unpaired) electrons. The van der Waals surface area contributed by atoms with Crippen molar-refractivity contribution >= 4 is 41.3 Å². The molecule has 1 saturated heterocycles. The van der Waals surface area contributed by atoms with Gasteiger partial charge in [0.25, 0.3) is 0 Å². The van der Waals surface area contributed by atoms with E-state index in [0.717, 1.165) is 38.6 Å². The molecular formula is C23H35IN4O3S. The third kappa shape index (κ3) is 8.51. The Balaban J connectivity index is 0.00000363. The molecular weight excluding hydrogens is 539 g/mol. The summed E-state index contributed by atoms with van der Waals surface area (Å²) in [5.74, 6) is 1.57. The minimum absolute atomic E-state index is 0. The Bertz CT molecular complexity index is 836. The second kappa shape index (κ2) is 13.3. The van der Waals surface area contributed by atoms with Gasteiger partial charge in [0.1, 0.15) is 5.75 Å². The number of β-amino-alcohol motifs (C(OH)–C–C–N with tert-alkyl or cyclic N) is 1. The lowest BCUT2D eigenvalue weighted by molar-refractivity contribution is -0.0201. The number of morpholine rings is 1. The van der Waals surface area contributed by atoms with Crippen LogP contribution >= 0.6 is 35.3 Å². The van der Waals surface area contributed by atoms with Crippen molar-refractivity contribution in [2.45, 2.75) is 26.0 Å². The zero-order valence-electron chi connectivity index (χ0n) is 19.1. The summed E-state index contributed by atoms with van der Waals surface area (Å²) in [6.45, 7) is 9.46. The number of rotatable bonds is 9. The topological polar surface area (TPSA) is 78.4 Å². The summed E-state index contributed by atoms with van der Waals surface area (Å²) in [5.41, 5.74) is 0.322. The molecule has 2 heterocycles. The molecule has 3 rings (SSSR count). The standard InChI is InChI=1S/C23H34N4O3S.HI/c1-4-24-22(26-16-23(2,28)17-27-11-13-30-14-12-27)25-15-20-9-10-21(31-20)18-5-7-19(29-3)8-6-18;/h5-10,28H,4,11-17H2,1-3H3,(H2,24,25,26);1H. The van der Waals surface area contributed by atoms with Gasteiger partial charge in [-0.1, -0.05) is 0 Å². The Kier molecular flexibility index (Phi) is 11.2. The second-order valence-corrected chi connectivity index (χ2v) is 9.10. The van der Waals surface area contributed by atoms with Crippen LogP contribution in [0.25, 0.3) is 10.4 Å². The molecule has 0 amide bonds. The van der Waals surface area contributed by atoms with E-state index in [2.05, 4.69) is 39.8 Å². The van der Waals surface area contributed by atoms with E-state index in [0.29, 0.717) is 25.6 Å². The number of guanidine groups is 1. The molecule has 1 aliphatic heterocycles. The Labute approximate surface area is 212 Å². The number of nitrogens with one attached hydrogen (secondary N) is 2. The van der Waals surface area contributed by atoms with Crippen LogP contribution in [0.4, 0.5) is 0 Å². The van der Waals surface area contributed by atoms with E-state index in [1.807, 2.05) is 26.0 Å². The summed E-state index contributed by atoms with van der Waals surface area (Å²) < 4.78 is 10.6. The first-order valence-corrected chi connectivity index (χ1v) is 11.6. The summed E-state index contributed by atoms with van der Waals surface area (Å²) in [7, 11) is 1.67. The quantitative estimate of drug-likeness (QED) is 0.243. The Morgan fingerprint density at radius 3 is 2.56 bits per heavy atom. The average Bonchev–Trinajstić information content (AvgIpc) is 3.25. The van der Waals surface area contributed by atoms with E-state index in [1.165, 1.54) is 15.3 Å². The molecule has 9 heteroatoms. The highest BCUT2D eigenvalue weighted by Gasteiger charge is 2.25. The van der Waals surface area contributed by atoms with Crippen LogP contribution in [0.5, 0.6) is 5.75 Å². The number of aliphatic imine (C=N–C) groups is 1. The number of aliphatic hydroxyl groups is 1. The van der Waals surface area contributed by atoms with E-state index < -0.39 is 5.60 Å². The van der Waals surface area contributed by atoms with Crippen molar-refractivity contribution in [3.63, 3.8) is 0 Å². The molecule has 0 bridgehead atoms. The lowest BCUT2D eigenvalue weighted by Crippen LogP contribution is -2.52. The number of hydrogen-bond acceptors (Lipinski definition) is 6. The van der Waals surface area contributed by atoms with Gasteiger partial charge in [-0.2, -0.15) is 0 Å². The van der Waals surface area contributed by atoms with Gasteiger partial charge in [0.15, 0.2) is 5.96 Å². The van der Waals surface area contributed by atoms with Crippen molar-refractivity contribution in [1.29, 1.82) is 0 Å². The zero-order chi connectivity index (χ0) is 22.1. The molecule has 1 aliphatic rings. The number of halogens is 1. The Hall–Kier alpha value is -1.40. The molecule has 0 aliphatic carbocycles. The van der Waals surface area contributed by atoms with Gasteiger partial charge < -0.3 is 25.2 Å². The van der Waals surface area contributed by atoms with Crippen molar-refractivity contribution < 1.29 is 14.6 Å². The molecule has 1 atom stereocenters. The van der Waals surface area contributed by atoms with Crippen LogP contribution in [-0.4, -0.2) is 74.6 Å². The molecule has 2 aromatic rings. The lowest BCUT2D eigenvalue weighted by atomic mass is 10.1. The van der Waals surface area contributed by atoms with Crippen LogP contribution < -0.4 is 15.4 Å². The number of benzene rings is 1. The third-order valence-electron chi connectivity index (χ3n) is 5.08. The summed E-state index contributed by atoms with van der Waals surface area (Å²) in [6.07, 6.45) is 0. The van der Waals surface area contributed by atoms with Crippen LogP contribution in [0.1, 0.15) is 18.7 Å². The van der Waals surface area contributed by atoms with E-state index >= 15 is 0 Å². The van der Waals surface area contributed by atoms with E-state index in [-0.39, 0.29) is 24.0 Å². The molecule has 32 heavy (non-hydrogen) atoms. The SMILES string of the molecule is CCNC(=NCc1ccc(-c2ccc(OC)cc2)s1)NCC(C)(O)CN1CCOCC1.I. The van der Waals surface area contributed by atoms with E-state index in [9.17, 15) is 5.11 Å². The minimum atomic E-state index is -0.849. The summed E-state index contributed by atoms with van der Waals surface area (Å²) >= 11 is 1.74. The Morgan fingerprint density at radius 2 is 1.91 bits per heavy atom. The van der Waals surface area contributed by atoms with Gasteiger partial charge in [-0.05, 0) is 55.8 Å². The predicted molar refractivity (Wildman–Crippen MR) is 142 cm³/mol. The number of methoxy groups -OCH3 is 1. The molecule has 1 fully saturated rings. The third-order valence-corrected chi connectivity index (χ3v) is 6.20. The zero-order valence-corrected chi connectivity index (χ0v) is 22.2. The van der Waals surface area contributed by atoms with Crippen LogP contribution in [0.15, 0.2) is 41.4 Å². The second-order valence-electron chi connectivity index (χ2n) is 7.93. The van der Waals surface area contributed by atoms with Crippen molar-refractivity contribution in [1.82, 2.24) is 15.5 Å². The van der Waals surface area contributed by atoms with E-state index in [4.69, 9.17) is 14.5 Å². The monoisotopic (exact) mass is 574 g/mol. The van der Waals surface area contributed by atoms with Gasteiger partial charge in [-0.25, -0.2) is 4.99 Å². The number of ether oxygens (including phenoxy) is 2. The van der Waals surface area contributed by atoms with Crippen molar-refractivity contribution in [3.05, 3.63) is 41.3 Å². The van der Waals surface area contributed by atoms with Gasteiger partial charge in [-0.3, -0.25) is 4.90 Å². The highest BCUT2D eigenvalue weighted by atomic mass is 127. The van der Waals surface area contributed by atoms with Gasteiger partial charge in [-0.15, -0.1) is 35.3 Å². The molecule has 178 valence electrons. The summed E-state index contributed by atoms with van der Waals surface area (Å²) in [4.78, 5) is 9.34. The molecule has 0 saturated carbocycles. The maximum absolute atomic E-state index is 10.8. The molecule has 7 nitrogen and oxygen atoms in total. The largest absolute Gasteiger partial charge is 0.497 e. The van der Waals surface area contributed by atoms with Gasteiger partial charge in [0.2, 0.25) is 0 Å². The summed E-state index contributed by atoms with van der Waals surface area (Å²) in [5, 5.41) is 17.4. The van der Waals surface area contributed by atoms with Gasteiger partial charge >= 0.3 is 0 Å². The first kappa shape index (κ1) is 26.8. The van der Waals surface area contributed by atoms with Crippen LogP contribution in [0, 0.1) is 0 Å². The molecule has 1 unspecified atom stereocenters. The normalized spacial score (nSPS) is 16.7. The molecule has 3 N–H and O–H groups in total. The maximum Gasteiger partial charge on any atom is 0.191 e. The fourth-order valence-electron chi connectivity index (χ4n) is 3.44.